The van der Waals surface area contributed by atoms with Crippen LogP contribution in [0.1, 0.15) is 22.3 Å². The summed E-state index contributed by atoms with van der Waals surface area (Å²) in [6.45, 7) is 15.7. The maximum absolute atomic E-state index is 7.84. The van der Waals surface area contributed by atoms with E-state index in [1.807, 2.05) is 76.8 Å². The Kier molecular flexibility index (Phi) is 7.19. The van der Waals surface area contributed by atoms with Gasteiger partial charge in [0.25, 0.3) is 0 Å². The zero-order valence-corrected chi connectivity index (χ0v) is 21.0. The summed E-state index contributed by atoms with van der Waals surface area (Å²) >= 11 is 0. The first-order chi connectivity index (χ1) is 17.4. The second kappa shape index (κ2) is 10.6. The van der Waals surface area contributed by atoms with Crippen molar-refractivity contribution in [1.82, 2.24) is 0 Å². The summed E-state index contributed by atoms with van der Waals surface area (Å²) in [5.74, 6) is 0. The molecule has 0 heterocycles. The highest BCUT2D eigenvalue weighted by atomic mass is 15.1. The maximum atomic E-state index is 7.84. The third kappa shape index (κ3) is 5.14. The fourth-order valence-electron chi connectivity index (χ4n) is 4.07. The Morgan fingerprint density at radius 1 is 0.500 bits per heavy atom. The van der Waals surface area contributed by atoms with Crippen molar-refractivity contribution in [2.75, 3.05) is 38.0 Å². The van der Waals surface area contributed by atoms with Crippen molar-refractivity contribution in [3.8, 4) is 0 Å². The molecule has 4 heteroatoms. The molecule has 176 valence electrons. The van der Waals surface area contributed by atoms with E-state index in [0.717, 1.165) is 44.4 Å². The van der Waals surface area contributed by atoms with Crippen molar-refractivity contribution >= 4 is 57.8 Å². The fraction of sp³-hybridized carbons (Fsp3) is 0.125. The van der Waals surface area contributed by atoms with Gasteiger partial charge in [-0.15, -0.1) is 0 Å². The highest BCUT2D eigenvalue weighted by Crippen LogP contribution is 2.39. The van der Waals surface area contributed by atoms with E-state index < -0.39 is 0 Å². The second-order valence-electron chi connectivity index (χ2n) is 8.96. The topological polar surface area (TPSA) is 15.2 Å². The highest BCUT2D eigenvalue weighted by Gasteiger charge is 2.12. The Labute approximate surface area is 213 Å². The molecule has 0 spiro atoms. The predicted molar refractivity (Wildman–Crippen MR) is 156 cm³/mol. The third-order valence-electron chi connectivity index (χ3n) is 6.16. The van der Waals surface area contributed by atoms with E-state index in [1.54, 1.807) is 0 Å². The van der Waals surface area contributed by atoms with E-state index >= 15 is 0 Å². The molecule has 4 nitrogen and oxygen atoms in total. The Hall–Kier alpha value is -4.80. The lowest BCUT2D eigenvalue weighted by Gasteiger charge is -2.12. The van der Waals surface area contributed by atoms with Crippen LogP contribution in [0.5, 0.6) is 0 Å². The SMILES string of the molecule is [C-]#[N+]c1c(C=Cc2ccc(N(C)C)cc2)ccc2c([N+]#[C-])c(C=Cc3ccc(N(C)C)cc3)ccc12. The lowest BCUT2D eigenvalue weighted by atomic mass is 9.98. The molecular weight excluding hydrogens is 440 g/mol. The van der Waals surface area contributed by atoms with E-state index in [9.17, 15) is 0 Å². The van der Waals surface area contributed by atoms with Crippen molar-refractivity contribution in [3.63, 3.8) is 0 Å². The Bertz CT molecular complexity index is 1410. The molecule has 0 N–H and O–H groups in total. The summed E-state index contributed by atoms with van der Waals surface area (Å²) in [5, 5.41) is 1.60. The van der Waals surface area contributed by atoms with Gasteiger partial charge in [0.2, 0.25) is 11.4 Å². The molecule has 36 heavy (non-hydrogen) atoms. The molecule has 0 saturated carbocycles. The van der Waals surface area contributed by atoms with E-state index in [2.05, 4.69) is 68.0 Å². The van der Waals surface area contributed by atoms with Gasteiger partial charge in [0, 0.05) is 39.6 Å². The van der Waals surface area contributed by atoms with Crippen molar-refractivity contribution < 1.29 is 0 Å². The van der Waals surface area contributed by atoms with Crippen molar-refractivity contribution in [2.24, 2.45) is 0 Å². The molecule has 0 aliphatic carbocycles. The van der Waals surface area contributed by atoms with Crippen molar-refractivity contribution in [2.45, 2.75) is 0 Å². The van der Waals surface area contributed by atoms with Gasteiger partial charge in [0.15, 0.2) is 0 Å². The van der Waals surface area contributed by atoms with Crippen LogP contribution in [-0.4, -0.2) is 28.2 Å². The summed E-state index contributed by atoms with van der Waals surface area (Å²) in [4.78, 5) is 11.8. The predicted octanol–water partition coefficient (Wildman–Crippen LogP) is 8.41. The first-order valence-electron chi connectivity index (χ1n) is 11.7. The summed E-state index contributed by atoms with van der Waals surface area (Å²) in [5.41, 5.74) is 7.23. The summed E-state index contributed by atoms with van der Waals surface area (Å²) in [6, 6.07) is 24.3. The normalized spacial score (nSPS) is 11.1. The molecule has 0 aromatic heterocycles. The zero-order chi connectivity index (χ0) is 25.7. The minimum absolute atomic E-state index is 0.563. The largest absolute Gasteiger partial charge is 0.378 e. The molecule has 0 fully saturated rings. The molecule has 0 bridgehead atoms. The molecule has 0 aliphatic rings. The maximum Gasteiger partial charge on any atom is 0.200 e. The molecule has 0 unspecified atom stereocenters. The molecule has 0 radical (unpaired) electrons. The summed E-state index contributed by atoms with van der Waals surface area (Å²) in [7, 11) is 8.07. The van der Waals surface area contributed by atoms with Gasteiger partial charge in [-0.05, 0) is 57.3 Å². The summed E-state index contributed by atoms with van der Waals surface area (Å²) < 4.78 is 0. The summed E-state index contributed by atoms with van der Waals surface area (Å²) in [6.07, 6.45) is 7.98. The number of hydrogen-bond acceptors (Lipinski definition) is 2. The number of rotatable bonds is 6. The van der Waals surface area contributed by atoms with Crippen LogP contribution in [0.15, 0.2) is 72.8 Å². The quantitative estimate of drug-likeness (QED) is 0.208. The van der Waals surface area contributed by atoms with Crippen LogP contribution >= 0.6 is 0 Å². The van der Waals surface area contributed by atoms with Crippen molar-refractivity contribution in [3.05, 3.63) is 118 Å². The first kappa shape index (κ1) is 24.3. The molecule has 0 saturated heterocycles. The lowest BCUT2D eigenvalue weighted by Crippen LogP contribution is -2.07. The number of anilines is 2. The minimum Gasteiger partial charge on any atom is -0.378 e. The Balaban J connectivity index is 1.67. The molecular formula is C32H28N4. The van der Waals surface area contributed by atoms with Gasteiger partial charge >= 0.3 is 0 Å². The smallest absolute Gasteiger partial charge is 0.200 e. The van der Waals surface area contributed by atoms with Gasteiger partial charge in [-0.25, -0.2) is 9.69 Å². The first-order valence-corrected chi connectivity index (χ1v) is 11.7. The minimum atomic E-state index is 0.563. The van der Waals surface area contributed by atoms with Gasteiger partial charge in [-0.2, -0.15) is 0 Å². The highest BCUT2D eigenvalue weighted by molar-refractivity contribution is 6.07. The molecule has 4 aromatic carbocycles. The van der Waals surface area contributed by atoms with E-state index in [0.29, 0.717) is 11.4 Å². The number of fused-ring (bicyclic) bond motifs is 1. The second-order valence-corrected chi connectivity index (χ2v) is 8.96. The van der Waals surface area contributed by atoms with Gasteiger partial charge in [-0.1, -0.05) is 72.8 Å². The molecule has 0 amide bonds. The fourth-order valence-corrected chi connectivity index (χ4v) is 4.07. The van der Waals surface area contributed by atoms with E-state index in [1.165, 1.54) is 0 Å². The van der Waals surface area contributed by atoms with Gasteiger partial charge < -0.3 is 9.80 Å². The monoisotopic (exact) mass is 468 g/mol. The van der Waals surface area contributed by atoms with Crippen LogP contribution in [0.3, 0.4) is 0 Å². The van der Waals surface area contributed by atoms with Crippen LogP contribution < -0.4 is 9.80 Å². The van der Waals surface area contributed by atoms with Crippen LogP contribution in [0, 0.1) is 13.1 Å². The third-order valence-corrected chi connectivity index (χ3v) is 6.16. The van der Waals surface area contributed by atoms with Crippen LogP contribution in [0.4, 0.5) is 22.7 Å². The zero-order valence-electron chi connectivity index (χ0n) is 21.0. The molecule has 4 rings (SSSR count). The van der Waals surface area contributed by atoms with Gasteiger partial charge in [-0.3, -0.25) is 0 Å². The molecule has 0 aliphatic heterocycles. The number of nitrogens with zero attached hydrogens (tertiary/aromatic N) is 4. The van der Waals surface area contributed by atoms with Crippen LogP contribution in [-0.2, 0) is 0 Å². The average Bonchev–Trinajstić information content (AvgIpc) is 2.90. The molecule has 0 atom stereocenters. The van der Waals surface area contributed by atoms with E-state index in [-0.39, 0.29) is 0 Å². The van der Waals surface area contributed by atoms with Gasteiger partial charge in [0.1, 0.15) is 0 Å². The lowest BCUT2D eigenvalue weighted by molar-refractivity contribution is 1.13. The van der Waals surface area contributed by atoms with Gasteiger partial charge in [0.05, 0.1) is 13.1 Å². The Morgan fingerprint density at radius 3 is 1.17 bits per heavy atom. The standard InChI is InChI=1S/C32H28N4/c1-33-31-25(13-7-23-9-17-27(18-10-23)35(3)4)15-22-30-29(31)21-16-26(32(30)34-2)14-8-24-11-19-28(20-12-24)36(5)6/h7-22H,3-6H3. The van der Waals surface area contributed by atoms with Crippen LogP contribution in [0.25, 0.3) is 44.8 Å². The number of benzene rings is 4. The Morgan fingerprint density at radius 2 is 0.861 bits per heavy atom. The number of hydrogen-bond donors (Lipinski definition) is 0. The average molecular weight is 469 g/mol. The van der Waals surface area contributed by atoms with E-state index in [4.69, 9.17) is 13.1 Å². The molecule has 4 aromatic rings. The van der Waals surface area contributed by atoms with Crippen molar-refractivity contribution in [1.29, 1.82) is 0 Å². The van der Waals surface area contributed by atoms with Crippen LogP contribution in [0.2, 0.25) is 0 Å².